The van der Waals surface area contributed by atoms with Gasteiger partial charge in [0.15, 0.2) is 10.1 Å². The monoisotopic (exact) mass is 317 g/mol. The van der Waals surface area contributed by atoms with Crippen LogP contribution in [0.5, 0.6) is 0 Å². The van der Waals surface area contributed by atoms with E-state index < -0.39 is 0 Å². The number of hydrogen-bond donors (Lipinski definition) is 1. The summed E-state index contributed by atoms with van der Waals surface area (Å²) in [6, 6.07) is 7.90. The minimum absolute atomic E-state index is 0.128. The summed E-state index contributed by atoms with van der Waals surface area (Å²) in [4.78, 5) is 16.0. The summed E-state index contributed by atoms with van der Waals surface area (Å²) in [6.45, 7) is 5.78. The van der Waals surface area contributed by atoms with Crippen molar-refractivity contribution < 1.29 is 4.79 Å². The van der Waals surface area contributed by atoms with Crippen LogP contribution in [-0.4, -0.2) is 26.2 Å². The fourth-order valence-corrected chi connectivity index (χ4v) is 4.35. The maximum absolute atomic E-state index is 12.8. The number of fused-ring (bicyclic) bond motifs is 1. The fraction of sp³-hybridized carbons (Fsp3) is 0.267. The van der Waals surface area contributed by atoms with E-state index in [0.29, 0.717) is 0 Å². The molecule has 0 bridgehead atoms. The van der Waals surface area contributed by atoms with Gasteiger partial charge in [0.1, 0.15) is 5.01 Å². The predicted octanol–water partition coefficient (Wildman–Crippen LogP) is 4.00. The maximum atomic E-state index is 12.8. The Morgan fingerprint density at radius 3 is 2.76 bits per heavy atom. The second-order valence-electron chi connectivity index (χ2n) is 4.88. The molecule has 4 nitrogen and oxygen atoms in total. The van der Waals surface area contributed by atoms with Crippen LogP contribution < -0.4 is 0 Å². The first-order valence-corrected chi connectivity index (χ1v) is 8.34. The molecule has 3 rings (SSSR count). The lowest BCUT2D eigenvalue weighted by Crippen LogP contribution is -2.14. The lowest BCUT2D eigenvalue weighted by atomic mass is 10.1. The summed E-state index contributed by atoms with van der Waals surface area (Å²) in [5.41, 5.74) is 2.70. The highest BCUT2D eigenvalue weighted by molar-refractivity contribution is 8.02. The minimum Gasteiger partial charge on any atom is -0.358 e. The first-order chi connectivity index (χ1) is 10.1. The van der Waals surface area contributed by atoms with Crippen LogP contribution in [0.2, 0.25) is 0 Å². The first kappa shape index (κ1) is 14.3. The van der Waals surface area contributed by atoms with Crippen molar-refractivity contribution in [1.29, 1.82) is 0 Å². The topological polar surface area (TPSA) is 58.6 Å². The third-order valence-electron chi connectivity index (χ3n) is 3.29. The Hall–Kier alpha value is -1.66. The number of aromatic amines is 1. The quantitative estimate of drug-likeness (QED) is 0.583. The number of thioether (sulfide) groups is 1. The number of H-pyrrole nitrogens is 1. The lowest BCUT2D eigenvalue weighted by Gasteiger charge is -2.08. The van der Waals surface area contributed by atoms with E-state index in [1.165, 1.54) is 23.1 Å². The molecule has 1 atom stereocenters. The molecule has 3 aromatic rings. The van der Waals surface area contributed by atoms with Gasteiger partial charge in [0.2, 0.25) is 0 Å². The van der Waals surface area contributed by atoms with E-state index in [9.17, 15) is 4.79 Å². The number of nitrogens with one attached hydrogen (secondary N) is 1. The first-order valence-electron chi connectivity index (χ1n) is 6.64. The molecule has 0 radical (unpaired) electrons. The van der Waals surface area contributed by atoms with Gasteiger partial charge < -0.3 is 4.98 Å². The second kappa shape index (κ2) is 5.61. The van der Waals surface area contributed by atoms with Crippen molar-refractivity contribution in [3.63, 3.8) is 0 Å². The third kappa shape index (κ3) is 2.73. The van der Waals surface area contributed by atoms with Crippen LogP contribution in [0.15, 0.2) is 28.6 Å². The molecule has 6 heteroatoms. The average Bonchev–Trinajstić information content (AvgIpc) is 3.00. The van der Waals surface area contributed by atoms with Crippen LogP contribution in [0.1, 0.15) is 28.0 Å². The van der Waals surface area contributed by atoms with E-state index >= 15 is 0 Å². The van der Waals surface area contributed by atoms with Gasteiger partial charge in [0.05, 0.1) is 5.25 Å². The minimum atomic E-state index is -0.185. The molecule has 108 valence electrons. The van der Waals surface area contributed by atoms with Crippen LogP contribution >= 0.6 is 23.1 Å². The molecular formula is C15H15N3OS2. The Bertz CT molecular complexity index is 806. The molecule has 1 aromatic carbocycles. The number of aromatic nitrogens is 3. The molecule has 0 aliphatic heterocycles. The van der Waals surface area contributed by atoms with Crippen LogP contribution in [-0.2, 0) is 0 Å². The fourth-order valence-electron chi connectivity index (χ4n) is 2.33. The number of aryl methyl sites for hydroxylation is 2. The smallest absolute Gasteiger partial charge is 0.178 e. The van der Waals surface area contributed by atoms with Gasteiger partial charge in [-0.3, -0.25) is 4.79 Å². The zero-order valence-electron chi connectivity index (χ0n) is 12.0. The van der Waals surface area contributed by atoms with Gasteiger partial charge in [-0.05, 0) is 26.8 Å². The number of hydrogen-bond acceptors (Lipinski definition) is 5. The second-order valence-corrected chi connectivity index (χ2v) is 7.65. The highest BCUT2D eigenvalue weighted by Crippen LogP contribution is 2.31. The number of carbonyl (C=O) groups is 1. The van der Waals surface area contributed by atoms with Gasteiger partial charge in [-0.2, -0.15) is 0 Å². The van der Waals surface area contributed by atoms with Crippen LogP contribution in [0.25, 0.3) is 10.9 Å². The van der Waals surface area contributed by atoms with Crippen molar-refractivity contribution in [1.82, 2.24) is 15.2 Å². The molecule has 2 aromatic heterocycles. The van der Waals surface area contributed by atoms with Gasteiger partial charge in [0.25, 0.3) is 0 Å². The number of carbonyl (C=O) groups excluding carboxylic acids is 1. The number of ketones is 1. The third-order valence-corrected chi connectivity index (χ3v) is 5.32. The number of para-hydroxylation sites is 1. The van der Waals surface area contributed by atoms with Crippen LogP contribution in [0.3, 0.4) is 0 Å². The average molecular weight is 317 g/mol. The SMILES string of the molecule is Cc1nnc(S[C@@H](C)C(=O)c2c(C)[nH]c3ccccc23)s1. The van der Waals surface area contributed by atoms with Gasteiger partial charge in [-0.1, -0.05) is 41.3 Å². The maximum Gasteiger partial charge on any atom is 0.178 e. The van der Waals surface area contributed by atoms with Crippen molar-refractivity contribution in [2.75, 3.05) is 0 Å². The Kier molecular flexibility index (Phi) is 3.82. The molecule has 0 amide bonds. The Morgan fingerprint density at radius 2 is 2.05 bits per heavy atom. The Morgan fingerprint density at radius 1 is 1.29 bits per heavy atom. The predicted molar refractivity (Wildman–Crippen MR) is 87.3 cm³/mol. The lowest BCUT2D eigenvalue weighted by molar-refractivity contribution is 0.0995. The molecule has 0 saturated carbocycles. The van der Waals surface area contributed by atoms with Gasteiger partial charge in [-0.25, -0.2) is 0 Å². The van der Waals surface area contributed by atoms with Crippen LogP contribution in [0.4, 0.5) is 0 Å². The summed E-state index contributed by atoms with van der Waals surface area (Å²) in [5, 5.41) is 9.78. The van der Waals surface area contributed by atoms with E-state index in [1.54, 1.807) is 0 Å². The van der Waals surface area contributed by atoms with E-state index in [2.05, 4.69) is 15.2 Å². The highest BCUT2D eigenvalue weighted by Gasteiger charge is 2.23. The van der Waals surface area contributed by atoms with E-state index in [1.807, 2.05) is 45.0 Å². The van der Waals surface area contributed by atoms with E-state index in [4.69, 9.17) is 0 Å². The number of benzene rings is 1. The van der Waals surface area contributed by atoms with Crippen molar-refractivity contribution >= 4 is 39.8 Å². The van der Waals surface area contributed by atoms with Crippen LogP contribution in [0, 0.1) is 13.8 Å². The summed E-state index contributed by atoms with van der Waals surface area (Å²) >= 11 is 2.99. The molecule has 0 aliphatic rings. The largest absolute Gasteiger partial charge is 0.358 e. The summed E-state index contributed by atoms with van der Waals surface area (Å²) < 4.78 is 0.839. The molecule has 0 fully saturated rings. The standard InChI is InChI=1S/C15H15N3OS2/c1-8-13(11-6-4-5-7-12(11)16-8)14(19)9(2)20-15-18-17-10(3)21-15/h4-7,9,16H,1-3H3/t9-/m0/s1. The Balaban J connectivity index is 1.91. The summed E-state index contributed by atoms with van der Waals surface area (Å²) in [6.07, 6.45) is 0. The van der Waals surface area contributed by atoms with Crippen molar-refractivity contribution in [3.05, 3.63) is 40.5 Å². The molecule has 1 N–H and O–H groups in total. The summed E-state index contributed by atoms with van der Waals surface area (Å²) in [7, 11) is 0. The molecule has 0 aliphatic carbocycles. The van der Waals surface area contributed by atoms with E-state index in [-0.39, 0.29) is 11.0 Å². The highest BCUT2D eigenvalue weighted by atomic mass is 32.2. The van der Waals surface area contributed by atoms with Crippen molar-refractivity contribution in [2.24, 2.45) is 0 Å². The molecular weight excluding hydrogens is 302 g/mol. The van der Waals surface area contributed by atoms with Gasteiger partial charge in [0, 0.05) is 22.2 Å². The summed E-state index contributed by atoms with van der Waals surface area (Å²) in [5.74, 6) is 0.128. The molecule has 0 spiro atoms. The number of rotatable bonds is 4. The van der Waals surface area contributed by atoms with E-state index in [0.717, 1.165) is 31.5 Å². The Labute approximate surface area is 131 Å². The number of Topliss-reactive ketones (excluding diaryl/α,β-unsaturated/α-hetero) is 1. The molecule has 21 heavy (non-hydrogen) atoms. The normalized spacial score (nSPS) is 12.7. The van der Waals surface area contributed by atoms with Crippen molar-refractivity contribution in [2.45, 2.75) is 30.4 Å². The van der Waals surface area contributed by atoms with Gasteiger partial charge >= 0.3 is 0 Å². The zero-order valence-corrected chi connectivity index (χ0v) is 13.6. The number of nitrogens with zero attached hydrogens (tertiary/aromatic N) is 2. The zero-order chi connectivity index (χ0) is 15.0. The van der Waals surface area contributed by atoms with Gasteiger partial charge in [-0.15, -0.1) is 10.2 Å². The van der Waals surface area contributed by atoms with Crippen molar-refractivity contribution in [3.8, 4) is 0 Å². The molecule has 0 unspecified atom stereocenters. The molecule has 2 heterocycles. The molecule has 0 saturated heterocycles.